The van der Waals surface area contributed by atoms with Crippen LogP contribution in [-0.4, -0.2) is 31.4 Å². The van der Waals surface area contributed by atoms with Gasteiger partial charge >= 0.3 is 0 Å². The number of piperidine rings is 1. The molecule has 2 aromatic rings. The summed E-state index contributed by atoms with van der Waals surface area (Å²) in [5, 5.41) is 9.31. The summed E-state index contributed by atoms with van der Waals surface area (Å²) in [4.78, 5) is 25.2. The van der Waals surface area contributed by atoms with E-state index in [1.165, 1.54) is 0 Å². The Morgan fingerprint density at radius 3 is 2.54 bits per heavy atom. The van der Waals surface area contributed by atoms with Crippen LogP contribution in [0.3, 0.4) is 0 Å². The summed E-state index contributed by atoms with van der Waals surface area (Å²) in [5.74, 6) is -0.00588. The van der Waals surface area contributed by atoms with Crippen LogP contribution in [0.25, 0.3) is 0 Å². The van der Waals surface area contributed by atoms with Gasteiger partial charge in [0.25, 0.3) is 5.91 Å². The minimum absolute atomic E-state index is 0.0328. The summed E-state index contributed by atoms with van der Waals surface area (Å²) in [6.07, 6.45) is 2.34. The number of benzene rings is 2. The molecular weight excluding hydrogens is 326 g/mol. The van der Waals surface area contributed by atoms with Crippen LogP contribution in [0.2, 0.25) is 0 Å². The molecule has 2 heterocycles. The molecule has 5 heteroatoms. The normalized spacial score (nSPS) is 18.5. The second-order valence-corrected chi connectivity index (χ2v) is 7.03. The van der Waals surface area contributed by atoms with E-state index >= 15 is 0 Å². The zero-order valence-corrected chi connectivity index (χ0v) is 14.7. The highest BCUT2D eigenvalue weighted by Gasteiger charge is 2.41. The lowest BCUT2D eigenvalue weighted by atomic mass is 9.72. The molecule has 0 unspecified atom stereocenters. The van der Waals surface area contributed by atoms with E-state index in [2.05, 4.69) is 16.0 Å². The maximum Gasteiger partial charge on any atom is 0.251 e. The summed E-state index contributed by atoms with van der Waals surface area (Å²) >= 11 is 0. The second kappa shape index (κ2) is 6.92. The quantitative estimate of drug-likeness (QED) is 0.796. The lowest BCUT2D eigenvalue weighted by Crippen LogP contribution is -2.48. The van der Waals surface area contributed by atoms with Gasteiger partial charge in [-0.25, -0.2) is 0 Å². The first-order valence-corrected chi connectivity index (χ1v) is 9.18. The van der Waals surface area contributed by atoms with E-state index in [9.17, 15) is 9.59 Å². The van der Waals surface area contributed by atoms with Crippen LogP contribution in [0.4, 0.5) is 5.69 Å². The number of fused-ring (bicyclic) bond motifs is 1. The van der Waals surface area contributed by atoms with E-state index in [0.29, 0.717) is 12.1 Å². The molecule has 2 aliphatic heterocycles. The van der Waals surface area contributed by atoms with Gasteiger partial charge in [0.2, 0.25) is 5.91 Å². The van der Waals surface area contributed by atoms with Crippen molar-refractivity contribution in [2.24, 2.45) is 0 Å². The van der Waals surface area contributed by atoms with Crippen molar-refractivity contribution in [3.63, 3.8) is 0 Å². The number of rotatable bonds is 3. The number of carbonyl (C=O) groups is 2. The molecule has 26 heavy (non-hydrogen) atoms. The largest absolute Gasteiger partial charge is 0.352 e. The zero-order chi connectivity index (χ0) is 18.0. The number of hydrogen-bond acceptors (Lipinski definition) is 3. The van der Waals surface area contributed by atoms with Crippen molar-refractivity contribution in [2.75, 3.05) is 25.0 Å². The topological polar surface area (TPSA) is 70.2 Å². The maximum atomic E-state index is 13.3. The number of hydrogen-bond donors (Lipinski definition) is 3. The number of nitrogens with one attached hydrogen (secondary N) is 3. The van der Waals surface area contributed by atoms with Gasteiger partial charge in [0.1, 0.15) is 0 Å². The first kappa shape index (κ1) is 16.8. The summed E-state index contributed by atoms with van der Waals surface area (Å²) in [6, 6.07) is 15.6. The molecule has 5 nitrogen and oxygen atoms in total. The smallest absolute Gasteiger partial charge is 0.251 e. The highest BCUT2D eigenvalue weighted by molar-refractivity contribution is 6.01. The van der Waals surface area contributed by atoms with Gasteiger partial charge in [-0.1, -0.05) is 30.3 Å². The van der Waals surface area contributed by atoms with Crippen molar-refractivity contribution < 1.29 is 9.59 Å². The Balaban J connectivity index is 1.62. The van der Waals surface area contributed by atoms with Crippen molar-refractivity contribution >= 4 is 17.5 Å². The van der Waals surface area contributed by atoms with Crippen LogP contribution in [0.1, 0.15) is 34.3 Å². The SMILES string of the molecule is O=C1NCCc2cc(NC(=O)C3(c4ccccc4)CCNCC3)ccc21. The molecule has 4 rings (SSSR count). The standard InChI is InChI=1S/C21H23N3O2/c25-19-18-7-6-17(14-15(18)8-11-23-19)24-20(26)21(9-12-22-13-10-21)16-4-2-1-3-5-16/h1-7,14,22H,8-13H2,(H,23,25)(H,24,26). The lowest BCUT2D eigenvalue weighted by molar-refractivity contribution is -0.122. The third-order valence-corrected chi connectivity index (χ3v) is 5.51. The molecule has 0 spiro atoms. The molecule has 1 saturated heterocycles. The number of amides is 2. The molecule has 0 aliphatic carbocycles. The van der Waals surface area contributed by atoms with Crippen molar-refractivity contribution in [2.45, 2.75) is 24.7 Å². The molecule has 3 N–H and O–H groups in total. The molecule has 134 valence electrons. The molecule has 2 amide bonds. The molecule has 2 aliphatic rings. The van der Waals surface area contributed by atoms with Crippen molar-refractivity contribution in [3.8, 4) is 0 Å². The molecule has 0 atom stereocenters. The minimum atomic E-state index is -0.514. The Bertz CT molecular complexity index is 826. The average Bonchev–Trinajstić information content (AvgIpc) is 2.69. The Labute approximate surface area is 153 Å². The van der Waals surface area contributed by atoms with Gasteiger partial charge in [-0.2, -0.15) is 0 Å². The molecular formula is C21H23N3O2. The van der Waals surface area contributed by atoms with E-state index in [-0.39, 0.29) is 11.8 Å². The monoisotopic (exact) mass is 349 g/mol. The second-order valence-electron chi connectivity index (χ2n) is 7.03. The Hall–Kier alpha value is -2.66. The molecule has 2 aromatic carbocycles. The summed E-state index contributed by atoms with van der Waals surface area (Å²) < 4.78 is 0. The fourth-order valence-corrected chi connectivity index (χ4v) is 4.01. The first-order chi connectivity index (χ1) is 12.7. The average molecular weight is 349 g/mol. The highest BCUT2D eigenvalue weighted by atomic mass is 16.2. The van der Waals surface area contributed by atoms with Crippen LogP contribution in [0, 0.1) is 0 Å². The predicted octanol–water partition coefficient (Wildman–Crippen LogP) is 2.23. The van der Waals surface area contributed by atoms with E-state index in [0.717, 1.165) is 49.2 Å². The minimum Gasteiger partial charge on any atom is -0.352 e. The Morgan fingerprint density at radius 1 is 1.00 bits per heavy atom. The van der Waals surface area contributed by atoms with Gasteiger partial charge in [-0.3, -0.25) is 9.59 Å². The van der Waals surface area contributed by atoms with Crippen molar-refractivity contribution in [1.29, 1.82) is 0 Å². The highest BCUT2D eigenvalue weighted by Crippen LogP contribution is 2.35. The van der Waals surface area contributed by atoms with Crippen molar-refractivity contribution in [3.05, 3.63) is 65.2 Å². The van der Waals surface area contributed by atoms with Crippen LogP contribution in [0.5, 0.6) is 0 Å². The Kier molecular flexibility index (Phi) is 4.47. The van der Waals surface area contributed by atoms with Gasteiger partial charge in [-0.15, -0.1) is 0 Å². The fourth-order valence-electron chi connectivity index (χ4n) is 4.01. The van der Waals surface area contributed by atoms with E-state index in [4.69, 9.17) is 0 Å². The molecule has 1 fully saturated rings. The summed E-state index contributed by atoms with van der Waals surface area (Å²) in [6.45, 7) is 2.29. The fraction of sp³-hybridized carbons (Fsp3) is 0.333. The lowest BCUT2D eigenvalue weighted by Gasteiger charge is -2.36. The van der Waals surface area contributed by atoms with Gasteiger partial charge in [0.15, 0.2) is 0 Å². The van der Waals surface area contributed by atoms with Crippen LogP contribution in [-0.2, 0) is 16.6 Å². The molecule has 0 bridgehead atoms. The van der Waals surface area contributed by atoms with E-state index in [1.54, 1.807) is 6.07 Å². The number of anilines is 1. The van der Waals surface area contributed by atoms with E-state index < -0.39 is 5.41 Å². The number of carbonyl (C=O) groups excluding carboxylic acids is 2. The van der Waals surface area contributed by atoms with Crippen molar-refractivity contribution in [1.82, 2.24) is 10.6 Å². The molecule has 0 radical (unpaired) electrons. The van der Waals surface area contributed by atoms with Crippen LogP contribution in [0.15, 0.2) is 48.5 Å². The third kappa shape index (κ3) is 2.99. The van der Waals surface area contributed by atoms with Gasteiger partial charge in [-0.05, 0) is 61.7 Å². The van der Waals surface area contributed by atoms with Gasteiger partial charge in [0, 0.05) is 17.8 Å². The summed E-state index contributed by atoms with van der Waals surface area (Å²) in [5.41, 5.74) is 3.01. The zero-order valence-electron chi connectivity index (χ0n) is 14.7. The van der Waals surface area contributed by atoms with Crippen LogP contribution < -0.4 is 16.0 Å². The predicted molar refractivity (Wildman–Crippen MR) is 101 cm³/mol. The summed E-state index contributed by atoms with van der Waals surface area (Å²) in [7, 11) is 0. The van der Waals surface area contributed by atoms with E-state index in [1.807, 2.05) is 42.5 Å². The maximum absolute atomic E-state index is 13.3. The van der Waals surface area contributed by atoms with Gasteiger partial charge in [0.05, 0.1) is 5.41 Å². The van der Waals surface area contributed by atoms with Gasteiger partial charge < -0.3 is 16.0 Å². The van der Waals surface area contributed by atoms with Crippen LogP contribution >= 0.6 is 0 Å². The Morgan fingerprint density at radius 2 is 1.77 bits per heavy atom. The molecule has 0 aromatic heterocycles. The third-order valence-electron chi connectivity index (χ3n) is 5.51. The molecule has 0 saturated carbocycles. The first-order valence-electron chi connectivity index (χ1n) is 9.18.